The first-order valence-electron chi connectivity index (χ1n) is 9.40. The van der Waals surface area contributed by atoms with Gasteiger partial charge in [-0.2, -0.15) is 9.36 Å². The number of rotatable bonds is 7. The van der Waals surface area contributed by atoms with E-state index in [-0.39, 0.29) is 5.69 Å². The number of tetrazole rings is 1. The highest BCUT2D eigenvalue weighted by Crippen LogP contribution is 2.24. The van der Waals surface area contributed by atoms with Crippen molar-refractivity contribution >= 4 is 5.71 Å². The molecule has 0 saturated carbocycles. The third-order valence-corrected chi connectivity index (χ3v) is 4.63. The maximum absolute atomic E-state index is 12.3. The van der Waals surface area contributed by atoms with Crippen LogP contribution in [0.3, 0.4) is 0 Å². The van der Waals surface area contributed by atoms with Gasteiger partial charge in [0, 0.05) is 12.6 Å². The van der Waals surface area contributed by atoms with E-state index in [9.17, 15) is 4.79 Å². The van der Waals surface area contributed by atoms with Crippen LogP contribution in [0.2, 0.25) is 0 Å². The number of benzene rings is 2. The van der Waals surface area contributed by atoms with Gasteiger partial charge in [-0.25, -0.2) is 4.79 Å². The predicted molar refractivity (Wildman–Crippen MR) is 111 cm³/mol. The Labute approximate surface area is 169 Å². The van der Waals surface area contributed by atoms with Crippen LogP contribution in [0.25, 0.3) is 5.69 Å². The number of oxime groups is 1. The lowest BCUT2D eigenvalue weighted by molar-refractivity contribution is 0.159. The smallest absolute Gasteiger partial charge is 0.368 e. The molecular formula is C21H25N5O3. The summed E-state index contributed by atoms with van der Waals surface area (Å²) in [6, 6.07) is 11.6. The molecule has 0 saturated heterocycles. The molecule has 3 rings (SSSR count). The van der Waals surface area contributed by atoms with Crippen LogP contribution in [0, 0.1) is 13.8 Å². The molecule has 8 nitrogen and oxygen atoms in total. The van der Waals surface area contributed by atoms with E-state index in [1.807, 2.05) is 64.1 Å². The summed E-state index contributed by atoms with van der Waals surface area (Å²) in [6.45, 7) is 8.60. The van der Waals surface area contributed by atoms with E-state index < -0.39 is 0 Å². The van der Waals surface area contributed by atoms with Gasteiger partial charge in [0.1, 0.15) is 19.0 Å². The summed E-state index contributed by atoms with van der Waals surface area (Å²) in [6.07, 6.45) is 0. The van der Waals surface area contributed by atoms with Crippen LogP contribution in [-0.2, 0) is 18.5 Å². The third kappa shape index (κ3) is 4.37. The zero-order chi connectivity index (χ0) is 21.0. The minimum Gasteiger partial charge on any atom is -0.489 e. The molecule has 0 radical (unpaired) electrons. The van der Waals surface area contributed by atoms with Gasteiger partial charge in [0.05, 0.1) is 11.4 Å². The van der Waals surface area contributed by atoms with Crippen molar-refractivity contribution in [1.29, 1.82) is 0 Å². The molecule has 0 fully saturated rings. The quantitative estimate of drug-likeness (QED) is 0.454. The molecule has 3 aromatic rings. The van der Waals surface area contributed by atoms with E-state index in [1.165, 1.54) is 9.36 Å². The van der Waals surface area contributed by atoms with E-state index in [1.54, 1.807) is 7.05 Å². The van der Waals surface area contributed by atoms with Gasteiger partial charge < -0.3 is 9.57 Å². The number of aromatic nitrogens is 4. The third-order valence-electron chi connectivity index (χ3n) is 4.63. The van der Waals surface area contributed by atoms with Crippen molar-refractivity contribution in [2.45, 2.75) is 34.3 Å². The van der Waals surface area contributed by atoms with Crippen molar-refractivity contribution in [1.82, 2.24) is 19.8 Å². The molecule has 0 bridgehead atoms. The van der Waals surface area contributed by atoms with E-state index in [0.29, 0.717) is 18.9 Å². The monoisotopic (exact) mass is 395 g/mol. The summed E-state index contributed by atoms with van der Waals surface area (Å²) in [4.78, 5) is 17.4. The van der Waals surface area contributed by atoms with Gasteiger partial charge in [0.25, 0.3) is 0 Å². The Hall–Kier alpha value is -3.42. The fraction of sp³-hybridized carbons (Fsp3) is 0.333. The maximum Gasteiger partial charge on any atom is 0.368 e. The van der Waals surface area contributed by atoms with Crippen LogP contribution in [0.5, 0.6) is 5.75 Å². The molecule has 8 heteroatoms. The minimum atomic E-state index is -0.304. The molecular weight excluding hydrogens is 370 g/mol. The first-order chi connectivity index (χ1) is 13.9. The Kier molecular flexibility index (Phi) is 6.11. The first kappa shape index (κ1) is 20.3. The Morgan fingerprint density at radius 3 is 2.59 bits per heavy atom. The summed E-state index contributed by atoms with van der Waals surface area (Å²) >= 11 is 0. The van der Waals surface area contributed by atoms with Crippen molar-refractivity contribution in [2.75, 3.05) is 6.61 Å². The number of nitrogens with zero attached hydrogens (tertiary/aromatic N) is 5. The SMILES string of the molecule is CCON=C(C)c1ccc(OCc2c(C)cccc2-n2nnn(C)c2=O)c(C)c1. The van der Waals surface area contributed by atoms with Crippen molar-refractivity contribution in [3.8, 4) is 11.4 Å². The fourth-order valence-corrected chi connectivity index (χ4v) is 2.94. The Bertz CT molecular complexity index is 1100. The highest BCUT2D eigenvalue weighted by molar-refractivity contribution is 5.98. The summed E-state index contributed by atoms with van der Waals surface area (Å²) in [5.74, 6) is 0.763. The van der Waals surface area contributed by atoms with E-state index in [2.05, 4.69) is 15.6 Å². The second-order valence-electron chi connectivity index (χ2n) is 6.73. The van der Waals surface area contributed by atoms with Gasteiger partial charge in [-0.1, -0.05) is 17.3 Å². The number of hydrogen-bond donors (Lipinski definition) is 0. The second-order valence-corrected chi connectivity index (χ2v) is 6.73. The molecule has 1 aromatic heterocycles. The van der Waals surface area contributed by atoms with Gasteiger partial charge in [-0.15, -0.1) is 0 Å². The normalized spacial score (nSPS) is 11.6. The average Bonchev–Trinajstić information content (AvgIpc) is 3.04. The van der Waals surface area contributed by atoms with Crippen LogP contribution in [0.1, 0.15) is 36.1 Å². The molecule has 29 heavy (non-hydrogen) atoms. The van der Waals surface area contributed by atoms with Crippen LogP contribution in [0.15, 0.2) is 46.3 Å². The molecule has 0 aliphatic heterocycles. The summed E-state index contributed by atoms with van der Waals surface area (Å²) in [7, 11) is 1.57. The molecule has 0 amide bonds. The molecule has 0 atom stereocenters. The number of aryl methyl sites for hydroxylation is 3. The second kappa shape index (κ2) is 8.72. The van der Waals surface area contributed by atoms with Crippen LogP contribution in [-0.4, -0.2) is 32.1 Å². The summed E-state index contributed by atoms with van der Waals surface area (Å²) < 4.78 is 8.57. The lowest BCUT2D eigenvalue weighted by Gasteiger charge is -2.15. The van der Waals surface area contributed by atoms with Gasteiger partial charge in [0.2, 0.25) is 0 Å². The first-order valence-corrected chi connectivity index (χ1v) is 9.40. The van der Waals surface area contributed by atoms with Crippen molar-refractivity contribution in [3.05, 3.63) is 69.1 Å². The average molecular weight is 395 g/mol. The van der Waals surface area contributed by atoms with Crippen LogP contribution < -0.4 is 10.4 Å². The van der Waals surface area contributed by atoms with Crippen molar-refractivity contribution < 1.29 is 9.57 Å². The predicted octanol–water partition coefficient (Wildman–Crippen LogP) is 2.92. The molecule has 0 aliphatic rings. The largest absolute Gasteiger partial charge is 0.489 e. The van der Waals surface area contributed by atoms with Gasteiger partial charge in [-0.3, -0.25) is 0 Å². The molecule has 152 valence electrons. The lowest BCUT2D eigenvalue weighted by Crippen LogP contribution is -2.23. The summed E-state index contributed by atoms with van der Waals surface area (Å²) in [5, 5.41) is 11.8. The lowest BCUT2D eigenvalue weighted by atomic mass is 10.1. The van der Waals surface area contributed by atoms with Crippen LogP contribution in [0.4, 0.5) is 0 Å². The van der Waals surface area contributed by atoms with Gasteiger partial charge >= 0.3 is 5.69 Å². The zero-order valence-electron chi connectivity index (χ0n) is 17.3. The molecule has 0 aliphatic carbocycles. The van der Waals surface area contributed by atoms with Crippen molar-refractivity contribution in [2.24, 2.45) is 12.2 Å². The van der Waals surface area contributed by atoms with E-state index in [4.69, 9.17) is 9.57 Å². The highest BCUT2D eigenvalue weighted by atomic mass is 16.6. The van der Waals surface area contributed by atoms with Gasteiger partial charge in [-0.05, 0) is 79.1 Å². The van der Waals surface area contributed by atoms with Crippen LogP contribution >= 0.6 is 0 Å². The van der Waals surface area contributed by atoms with E-state index in [0.717, 1.165) is 33.7 Å². The Morgan fingerprint density at radius 1 is 1.14 bits per heavy atom. The fourth-order valence-electron chi connectivity index (χ4n) is 2.94. The molecule has 2 aromatic carbocycles. The topological polar surface area (TPSA) is 83.5 Å². The molecule has 1 heterocycles. The minimum absolute atomic E-state index is 0.303. The number of hydrogen-bond acceptors (Lipinski definition) is 6. The van der Waals surface area contributed by atoms with Crippen molar-refractivity contribution in [3.63, 3.8) is 0 Å². The summed E-state index contributed by atoms with van der Waals surface area (Å²) in [5.41, 5.74) is 5.02. The Balaban J connectivity index is 1.86. The Morgan fingerprint density at radius 2 is 1.93 bits per heavy atom. The molecule has 0 spiro atoms. The van der Waals surface area contributed by atoms with E-state index >= 15 is 0 Å². The standard InChI is InChI=1S/C21H25N5O3/c1-6-29-22-16(4)17-10-11-20(15(3)12-17)28-13-18-14(2)8-7-9-19(18)26-21(27)25(5)23-24-26/h7-12H,6,13H2,1-5H3. The molecule has 0 unspecified atom stereocenters. The maximum atomic E-state index is 12.3. The molecule has 0 N–H and O–H groups in total. The zero-order valence-corrected chi connectivity index (χ0v) is 17.3. The number of ether oxygens (including phenoxy) is 1. The highest BCUT2D eigenvalue weighted by Gasteiger charge is 2.14. The van der Waals surface area contributed by atoms with Gasteiger partial charge in [0.15, 0.2) is 0 Å².